The van der Waals surface area contributed by atoms with Crippen LogP contribution >= 0.6 is 0 Å². The Bertz CT molecular complexity index is 1070. The summed E-state index contributed by atoms with van der Waals surface area (Å²) in [5.74, 6) is -1.32. The molecule has 5 rings (SSSR count). The molecule has 178 valence electrons. The Morgan fingerprint density at radius 3 is 2.21 bits per heavy atom. The molecule has 2 fully saturated rings. The van der Waals surface area contributed by atoms with E-state index in [1.54, 1.807) is 4.90 Å². The van der Waals surface area contributed by atoms with Gasteiger partial charge < -0.3 is 20.1 Å². The van der Waals surface area contributed by atoms with E-state index in [1.165, 1.54) is 11.1 Å². The molecule has 1 saturated heterocycles. The van der Waals surface area contributed by atoms with Gasteiger partial charge in [-0.15, -0.1) is 0 Å². The van der Waals surface area contributed by atoms with E-state index < -0.39 is 18.0 Å². The first-order valence-electron chi connectivity index (χ1n) is 12.0. The van der Waals surface area contributed by atoms with Gasteiger partial charge in [0.25, 0.3) is 0 Å². The third-order valence-corrected chi connectivity index (χ3v) is 7.51. The third kappa shape index (κ3) is 4.39. The summed E-state index contributed by atoms with van der Waals surface area (Å²) in [4.78, 5) is 38.6. The zero-order chi connectivity index (χ0) is 23.8. The first kappa shape index (κ1) is 22.4. The number of carboxylic acid groups (broad SMARTS) is 1. The smallest absolute Gasteiger partial charge is 0.407 e. The van der Waals surface area contributed by atoms with Crippen molar-refractivity contribution in [2.75, 3.05) is 19.7 Å². The van der Waals surface area contributed by atoms with Crippen LogP contribution in [-0.2, 0) is 14.3 Å². The Balaban J connectivity index is 1.19. The number of carboxylic acids is 1. The van der Waals surface area contributed by atoms with Gasteiger partial charge in [0, 0.05) is 31.5 Å². The first-order valence-corrected chi connectivity index (χ1v) is 12.0. The van der Waals surface area contributed by atoms with Crippen molar-refractivity contribution in [2.45, 2.75) is 38.1 Å². The van der Waals surface area contributed by atoms with Gasteiger partial charge in [-0.2, -0.15) is 0 Å². The fraction of sp³-hybridized carbons (Fsp3) is 0.444. The monoisotopic (exact) mass is 462 g/mol. The summed E-state index contributed by atoms with van der Waals surface area (Å²) >= 11 is 0. The van der Waals surface area contributed by atoms with Crippen molar-refractivity contribution in [3.63, 3.8) is 0 Å². The molecule has 2 amide bonds. The van der Waals surface area contributed by atoms with E-state index in [1.807, 2.05) is 31.2 Å². The molecule has 3 atom stereocenters. The highest BCUT2D eigenvalue weighted by Gasteiger charge is 2.40. The molecule has 2 aromatic rings. The van der Waals surface area contributed by atoms with E-state index in [-0.39, 0.29) is 49.3 Å². The van der Waals surface area contributed by atoms with E-state index in [0.717, 1.165) is 24.0 Å². The van der Waals surface area contributed by atoms with Crippen LogP contribution in [0.25, 0.3) is 11.1 Å². The number of hydrogen-bond donors (Lipinski definition) is 2. The Morgan fingerprint density at radius 2 is 1.65 bits per heavy atom. The Labute approximate surface area is 199 Å². The molecule has 2 aliphatic carbocycles. The van der Waals surface area contributed by atoms with Crippen LogP contribution < -0.4 is 5.32 Å². The molecule has 0 spiro atoms. The van der Waals surface area contributed by atoms with Crippen LogP contribution in [-0.4, -0.2) is 53.7 Å². The molecule has 2 aromatic carbocycles. The minimum absolute atomic E-state index is 0.0156. The van der Waals surface area contributed by atoms with Gasteiger partial charge in [0.05, 0.1) is 5.92 Å². The summed E-state index contributed by atoms with van der Waals surface area (Å²) < 4.78 is 5.67. The number of rotatable bonds is 7. The molecule has 2 N–H and O–H groups in total. The van der Waals surface area contributed by atoms with Gasteiger partial charge in [-0.05, 0) is 46.9 Å². The highest BCUT2D eigenvalue weighted by molar-refractivity contribution is 5.81. The number of carbonyl (C=O) groups excluding carboxylic acids is 2. The summed E-state index contributed by atoms with van der Waals surface area (Å²) in [6.07, 6.45) is 1.60. The average Bonchev–Trinajstić information content (AvgIpc) is 3.52. The summed E-state index contributed by atoms with van der Waals surface area (Å²) in [6.45, 7) is 2.77. The maximum atomic E-state index is 12.9. The second-order valence-electron chi connectivity index (χ2n) is 9.84. The Morgan fingerprint density at radius 1 is 1.03 bits per heavy atom. The normalized spacial score (nSPS) is 22.1. The van der Waals surface area contributed by atoms with Crippen molar-refractivity contribution < 1.29 is 24.2 Å². The SMILES string of the molecule is CC1CN(C(=O)CC(NC(=O)OCC2c3ccccc3-c3ccccc32)C2CC2)CC1C(=O)O. The lowest BCUT2D eigenvalue weighted by Crippen LogP contribution is -2.42. The number of ether oxygens (including phenoxy) is 1. The molecule has 0 radical (unpaired) electrons. The summed E-state index contributed by atoms with van der Waals surface area (Å²) in [5, 5.41) is 12.3. The number of aliphatic carboxylic acids is 1. The number of amides is 2. The predicted molar refractivity (Wildman–Crippen MR) is 126 cm³/mol. The maximum absolute atomic E-state index is 12.9. The first-order chi connectivity index (χ1) is 16.4. The number of likely N-dealkylation sites (tertiary alicyclic amines) is 1. The molecule has 3 unspecified atom stereocenters. The lowest BCUT2D eigenvalue weighted by atomic mass is 9.98. The zero-order valence-electron chi connectivity index (χ0n) is 19.3. The number of benzene rings is 2. The van der Waals surface area contributed by atoms with Gasteiger partial charge in [-0.3, -0.25) is 9.59 Å². The van der Waals surface area contributed by atoms with Crippen molar-refractivity contribution in [1.82, 2.24) is 10.2 Å². The van der Waals surface area contributed by atoms with Gasteiger partial charge in [-0.1, -0.05) is 55.5 Å². The molecule has 7 heteroatoms. The number of hydrogen-bond acceptors (Lipinski definition) is 4. The molecule has 1 aliphatic heterocycles. The van der Waals surface area contributed by atoms with Crippen LogP contribution in [0.4, 0.5) is 4.79 Å². The molecule has 1 heterocycles. The molecule has 0 aromatic heterocycles. The minimum atomic E-state index is -0.863. The molecule has 0 bridgehead atoms. The molecular weight excluding hydrogens is 432 g/mol. The topological polar surface area (TPSA) is 95.9 Å². The van der Waals surface area contributed by atoms with E-state index >= 15 is 0 Å². The number of nitrogens with one attached hydrogen (secondary N) is 1. The van der Waals surface area contributed by atoms with Crippen LogP contribution in [0.15, 0.2) is 48.5 Å². The fourth-order valence-electron chi connectivity index (χ4n) is 5.43. The van der Waals surface area contributed by atoms with Crippen LogP contribution in [0.3, 0.4) is 0 Å². The number of alkyl carbamates (subject to hydrolysis) is 1. The molecule has 3 aliphatic rings. The molecule has 1 saturated carbocycles. The van der Waals surface area contributed by atoms with E-state index in [0.29, 0.717) is 6.54 Å². The lowest BCUT2D eigenvalue weighted by Gasteiger charge is -2.22. The maximum Gasteiger partial charge on any atom is 0.407 e. The van der Waals surface area contributed by atoms with Gasteiger partial charge in [-0.25, -0.2) is 4.79 Å². The van der Waals surface area contributed by atoms with Crippen LogP contribution in [0.5, 0.6) is 0 Å². The lowest BCUT2D eigenvalue weighted by molar-refractivity contribution is -0.142. The van der Waals surface area contributed by atoms with Crippen molar-refractivity contribution >= 4 is 18.0 Å². The van der Waals surface area contributed by atoms with Gasteiger partial charge in [0.2, 0.25) is 5.91 Å². The van der Waals surface area contributed by atoms with Crippen molar-refractivity contribution in [2.24, 2.45) is 17.8 Å². The molecule has 7 nitrogen and oxygen atoms in total. The van der Waals surface area contributed by atoms with Crippen molar-refractivity contribution in [3.8, 4) is 11.1 Å². The Hall–Kier alpha value is -3.35. The standard InChI is InChI=1S/C27H30N2O5/c1-16-13-29(14-22(16)26(31)32)25(30)12-24(17-10-11-17)28-27(33)34-15-23-20-8-4-2-6-18(20)19-7-3-5-9-21(19)23/h2-9,16-17,22-24H,10-15H2,1H3,(H,28,33)(H,31,32). The summed E-state index contributed by atoms with van der Waals surface area (Å²) in [5.41, 5.74) is 4.66. The highest BCUT2D eigenvalue weighted by atomic mass is 16.5. The summed E-state index contributed by atoms with van der Waals surface area (Å²) in [7, 11) is 0. The average molecular weight is 463 g/mol. The molecular formula is C27H30N2O5. The number of nitrogens with zero attached hydrogens (tertiary/aromatic N) is 1. The van der Waals surface area contributed by atoms with E-state index in [4.69, 9.17) is 4.74 Å². The van der Waals surface area contributed by atoms with Crippen molar-refractivity contribution in [1.29, 1.82) is 0 Å². The second-order valence-corrected chi connectivity index (χ2v) is 9.84. The zero-order valence-corrected chi connectivity index (χ0v) is 19.3. The largest absolute Gasteiger partial charge is 0.481 e. The number of fused-ring (bicyclic) bond motifs is 3. The second kappa shape index (κ2) is 9.12. The van der Waals surface area contributed by atoms with Gasteiger partial charge >= 0.3 is 12.1 Å². The van der Waals surface area contributed by atoms with E-state index in [2.05, 4.69) is 29.6 Å². The quantitative estimate of drug-likeness (QED) is 0.651. The van der Waals surface area contributed by atoms with Crippen molar-refractivity contribution in [3.05, 3.63) is 59.7 Å². The minimum Gasteiger partial charge on any atom is -0.481 e. The molecule has 34 heavy (non-hydrogen) atoms. The third-order valence-electron chi connectivity index (χ3n) is 7.51. The van der Waals surface area contributed by atoms with Gasteiger partial charge in [0.15, 0.2) is 0 Å². The highest BCUT2D eigenvalue weighted by Crippen LogP contribution is 2.44. The fourth-order valence-corrected chi connectivity index (χ4v) is 5.43. The number of carbonyl (C=O) groups is 3. The predicted octanol–water partition coefficient (Wildman–Crippen LogP) is 3.87. The van der Waals surface area contributed by atoms with Crippen LogP contribution in [0.1, 0.15) is 43.2 Å². The van der Waals surface area contributed by atoms with Gasteiger partial charge in [0.1, 0.15) is 6.61 Å². The van der Waals surface area contributed by atoms with Crippen LogP contribution in [0.2, 0.25) is 0 Å². The summed E-state index contributed by atoms with van der Waals surface area (Å²) in [6, 6.07) is 16.1. The van der Waals surface area contributed by atoms with Crippen LogP contribution in [0, 0.1) is 17.8 Å². The Kier molecular flexibility index (Phi) is 6.02. The van der Waals surface area contributed by atoms with E-state index in [9.17, 15) is 19.5 Å².